The number of allylic oxidation sites excluding steroid dienone is 1. The summed E-state index contributed by atoms with van der Waals surface area (Å²) in [5.41, 5.74) is 3.44. The molecular weight excluding hydrogens is 218 g/mol. The van der Waals surface area contributed by atoms with Gasteiger partial charge in [0.15, 0.2) is 0 Å². The molecule has 2 aliphatic rings. The van der Waals surface area contributed by atoms with Gasteiger partial charge in [-0.25, -0.2) is 0 Å². The van der Waals surface area contributed by atoms with E-state index in [2.05, 4.69) is 26.2 Å². The van der Waals surface area contributed by atoms with Crippen LogP contribution < -0.4 is 5.32 Å². The second-order valence-electron chi connectivity index (χ2n) is 6.60. The van der Waals surface area contributed by atoms with E-state index in [4.69, 9.17) is 0 Å². The van der Waals surface area contributed by atoms with E-state index < -0.39 is 0 Å². The van der Waals surface area contributed by atoms with Crippen molar-refractivity contribution in [2.24, 2.45) is 11.8 Å². The minimum Gasteiger partial charge on any atom is -0.313 e. The average Bonchev–Trinajstić information content (AvgIpc) is 2.42. The van der Waals surface area contributed by atoms with Crippen molar-refractivity contribution in [3.63, 3.8) is 0 Å². The van der Waals surface area contributed by atoms with Gasteiger partial charge in [-0.1, -0.05) is 50.2 Å². The molecule has 18 heavy (non-hydrogen) atoms. The van der Waals surface area contributed by atoms with Crippen molar-refractivity contribution in [3.05, 3.63) is 11.1 Å². The van der Waals surface area contributed by atoms with Gasteiger partial charge in [0.2, 0.25) is 0 Å². The highest BCUT2D eigenvalue weighted by Crippen LogP contribution is 2.36. The predicted octanol–water partition coefficient (Wildman–Crippen LogP) is 4.68. The zero-order chi connectivity index (χ0) is 13.0. The van der Waals surface area contributed by atoms with Crippen LogP contribution in [-0.2, 0) is 0 Å². The van der Waals surface area contributed by atoms with Gasteiger partial charge in [-0.15, -0.1) is 0 Å². The van der Waals surface area contributed by atoms with Gasteiger partial charge in [0.1, 0.15) is 0 Å². The Morgan fingerprint density at radius 1 is 1.11 bits per heavy atom. The summed E-state index contributed by atoms with van der Waals surface area (Å²) in [6.45, 7) is 4.86. The van der Waals surface area contributed by atoms with Crippen LogP contribution in [-0.4, -0.2) is 13.1 Å². The normalized spacial score (nSPS) is 28.5. The Labute approximate surface area is 113 Å². The van der Waals surface area contributed by atoms with Crippen LogP contribution in [0.4, 0.5) is 0 Å². The highest BCUT2D eigenvalue weighted by molar-refractivity contribution is 5.21. The van der Waals surface area contributed by atoms with E-state index >= 15 is 0 Å². The Balaban J connectivity index is 1.94. The van der Waals surface area contributed by atoms with E-state index in [1.807, 2.05) is 0 Å². The fourth-order valence-corrected chi connectivity index (χ4v) is 4.06. The molecule has 2 rings (SSSR count). The average molecular weight is 249 g/mol. The van der Waals surface area contributed by atoms with E-state index in [9.17, 15) is 0 Å². The number of hydrogen-bond donors (Lipinski definition) is 1. The summed E-state index contributed by atoms with van der Waals surface area (Å²) in [4.78, 5) is 0. The summed E-state index contributed by atoms with van der Waals surface area (Å²) in [6, 6.07) is 0.660. The molecule has 0 spiro atoms. The van der Waals surface area contributed by atoms with E-state index in [-0.39, 0.29) is 0 Å². The summed E-state index contributed by atoms with van der Waals surface area (Å²) in [6.07, 6.45) is 12.9. The fraction of sp³-hybridized carbons (Fsp3) is 0.882. The predicted molar refractivity (Wildman–Crippen MR) is 79.8 cm³/mol. The first-order valence-electron chi connectivity index (χ1n) is 8.08. The quantitative estimate of drug-likeness (QED) is 0.713. The molecule has 1 saturated carbocycles. The van der Waals surface area contributed by atoms with Gasteiger partial charge < -0.3 is 5.32 Å². The molecule has 0 saturated heterocycles. The standard InChI is InChI=1S/C17H31N/c1-13(15-8-5-4-6-9-15)12-16-10-7-11-17(18-3)14(16)2/h13,15,17-18H,4-12H2,1-3H3. The van der Waals surface area contributed by atoms with Crippen LogP contribution in [0.2, 0.25) is 0 Å². The van der Waals surface area contributed by atoms with Crippen LogP contribution >= 0.6 is 0 Å². The maximum absolute atomic E-state index is 3.48. The van der Waals surface area contributed by atoms with Crippen molar-refractivity contribution >= 4 is 0 Å². The van der Waals surface area contributed by atoms with Crippen LogP contribution in [0.3, 0.4) is 0 Å². The molecule has 0 heterocycles. The molecule has 0 radical (unpaired) electrons. The van der Waals surface area contributed by atoms with Crippen LogP contribution in [0, 0.1) is 11.8 Å². The second-order valence-corrected chi connectivity index (χ2v) is 6.60. The molecule has 0 aromatic carbocycles. The number of likely N-dealkylation sites (N-methyl/N-ethyl adjacent to an activating group) is 1. The lowest BCUT2D eigenvalue weighted by Gasteiger charge is -2.32. The maximum Gasteiger partial charge on any atom is 0.0276 e. The Kier molecular flexibility index (Phi) is 5.29. The van der Waals surface area contributed by atoms with Gasteiger partial charge in [0, 0.05) is 6.04 Å². The monoisotopic (exact) mass is 249 g/mol. The molecule has 1 fully saturated rings. The molecule has 0 bridgehead atoms. The van der Waals surface area contributed by atoms with Crippen molar-refractivity contribution in [1.29, 1.82) is 0 Å². The summed E-state index contributed by atoms with van der Waals surface area (Å²) in [7, 11) is 2.11. The van der Waals surface area contributed by atoms with Crippen molar-refractivity contribution in [2.45, 2.75) is 77.7 Å². The van der Waals surface area contributed by atoms with E-state index in [1.165, 1.54) is 57.8 Å². The third kappa shape index (κ3) is 3.38. The highest BCUT2D eigenvalue weighted by Gasteiger charge is 2.24. The number of hydrogen-bond acceptors (Lipinski definition) is 1. The van der Waals surface area contributed by atoms with Crippen molar-refractivity contribution in [3.8, 4) is 0 Å². The number of nitrogens with one attached hydrogen (secondary N) is 1. The van der Waals surface area contributed by atoms with Crippen molar-refractivity contribution < 1.29 is 0 Å². The van der Waals surface area contributed by atoms with Gasteiger partial charge in [-0.05, 0) is 51.5 Å². The zero-order valence-corrected chi connectivity index (χ0v) is 12.6. The first-order valence-corrected chi connectivity index (χ1v) is 8.08. The summed E-state index contributed by atoms with van der Waals surface area (Å²) >= 11 is 0. The molecule has 0 amide bonds. The zero-order valence-electron chi connectivity index (χ0n) is 12.6. The van der Waals surface area contributed by atoms with Gasteiger partial charge in [0.05, 0.1) is 0 Å². The Bertz CT molecular complexity index is 286. The minimum absolute atomic E-state index is 0.660. The Morgan fingerprint density at radius 2 is 1.83 bits per heavy atom. The molecule has 2 aliphatic carbocycles. The Hall–Kier alpha value is -0.300. The van der Waals surface area contributed by atoms with E-state index in [1.54, 1.807) is 11.1 Å². The van der Waals surface area contributed by atoms with Crippen LogP contribution in [0.5, 0.6) is 0 Å². The molecule has 0 aromatic rings. The topological polar surface area (TPSA) is 12.0 Å². The summed E-state index contributed by atoms with van der Waals surface area (Å²) < 4.78 is 0. The van der Waals surface area contributed by atoms with E-state index in [0.717, 1.165) is 11.8 Å². The number of rotatable bonds is 4. The smallest absolute Gasteiger partial charge is 0.0276 e. The van der Waals surface area contributed by atoms with Gasteiger partial charge in [0.25, 0.3) is 0 Å². The molecule has 104 valence electrons. The van der Waals surface area contributed by atoms with Gasteiger partial charge in [-0.2, -0.15) is 0 Å². The highest BCUT2D eigenvalue weighted by atomic mass is 14.9. The third-order valence-electron chi connectivity index (χ3n) is 5.42. The third-order valence-corrected chi connectivity index (χ3v) is 5.42. The van der Waals surface area contributed by atoms with Gasteiger partial charge in [-0.3, -0.25) is 0 Å². The molecule has 1 nitrogen and oxygen atoms in total. The minimum atomic E-state index is 0.660. The maximum atomic E-state index is 3.48. The molecular formula is C17H31N. The lowest BCUT2D eigenvalue weighted by atomic mass is 9.76. The van der Waals surface area contributed by atoms with Crippen LogP contribution in [0.15, 0.2) is 11.1 Å². The first-order chi connectivity index (χ1) is 8.72. The second kappa shape index (κ2) is 6.75. The SMILES string of the molecule is CNC1CCCC(CC(C)C2CCCCC2)=C1C. The van der Waals surface area contributed by atoms with Crippen LogP contribution in [0.1, 0.15) is 71.6 Å². The van der Waals surface area contributed by atoms with Gasteiger partial charge >= 0.3 is 0 Å². The van der Waals surface area contributed by atoms with Crippen LogP contribution in [0.25, 0.3) is 0 Å². The lowest BCUT2D eigenvalue weighted by molar-refractivity contribution is 0.259. The molecule has 1 heteroatoms. The fourth-order valence-electron chi connectivity index (χ4n) is 4.06. The Morgan fingerprint density at radius 3 is 2.50 bits per heavy atom. The van der Waals surface area contributed by atoms with Crippen molar-refractivity contribution in [1.82, 2.24) is 5.32 Å². The first kappa shape index (κ1) is 14.1. The molecule has 2 unspecified atom stereocenters. The molecule has 0 aromatic heterocycles. The van der Waals surface area contributed by atoms with E-state index in [0.29, 0.717) is 6.04 Å². The molecule has 0 aliphatic heterocycles. The summed E-state index contributed by atoms with van der Waals surface area (Å²) in [5.74, 6) is 1.92. The largest absolute Gasteiger partial charge is 0.313 e. The van der Waals surface area contributed by atoms with Crippen molar-refractivity contribution in [2.75, 3.05) is 7.05 Å². The molecule has 1 N–H and O–H groups in total. The summed E-state index contributed by atoms with van der Waals surface area (Å²) in [5, 5.41) is 3.48. The molecule has 2 atom stereocenters. The lowest BCUT2D eigenvalue weighted by Crippen LogP contribution is -2.30.